The Labute approximate surface area is 87.2 Å². The van der Waals surface area contributed by atoms with Crippen molar-refractivity contribution in [2.24, 2.45) is 4.99 Å². The number of aromatic nitrogens is 1. The molecule has 0 saturated carbocycles. The zero-order valence-electron chi connectivity index (χ0n) is 8.25. The van der Waals surface area contributed by atoms with Gasteiger partial charge in [0.1, 0.15) is 5.69 Å². The van der Waals surface area contributed by atoms with Gasteiger partial charge in [-0.05, 0) is 0 Å². The molecule has 0 aliphatic rings. The third-order valence-electron chi connectivity index (χ3n) is 1.85. The van der Waals surface area contributed by atoms with E-state index in [1.165, 1.54) is 13.5 Å². The summed E-state index contributed by atoms with van der Waals surface area (Å²) >= 11 is 0. The molecule has 0 saturated heterocycles. The van der Waals surface area contributed by atoms with Crippen LogP contribution in [0.15, 0.2) is 45.9 Å². The normalized spacial score (nSPS) is 10.7. The number of benzene rings is 1. The summed E-state index contributed by atoms with van der Waals surface area (Å²) in [6, 6.07) is 11.5. The maximum absolute atomic E-state index is 4.99. The monoisotopic (exact) mass is 202 g/mol. The molecule has 1 aromatic carbocycles. The quantitative estimate of drug-likeness (QED) is 0.567. The van der Waals surface area contributed by atoms with Crippen LogP contribution in [0.3, 0.4) is 0 Å². The molecule has 0 aliphatic carbocycles. The van der Waals surface area contributed by atoms with E-state index in [1.54, 1.807) is 6.07 Å². The van der Waals surface area contributed by atoms with Crippen LogP contribution in [0.5, 0.6) is 0 Å². The zero-order valence-corrected chi connectivity index (χ0v) is 8.25. The molecule has 2 aromatic rings. The molecular weight excluding hydrogens is 192 g/mol. The third kappa shape index (κ3) is 2.22. The summed E-state index contributed by atoms with van der Waals surface area (Å²) in [6.07, 6.45) is 1.30. The molecule has 4 heteroatoms. The van der Waals surface area contributed by atoms with E-state index in [4.69, 9.17) is 4.52 Å². The van der Waals surface area contributed by atoms with Gasteiger partial charge in [-0.25, -0.2) is 0 Å². The predicted octanol–water partition coefficient (Wildman–Crippen LogP) is 2.65. The SMILES string of the molecule is COC=Nc1cc(-c2ccccc2)no1. The Kier molecular flexibility index (Phi) is 2.78. The standard InChI is InChI=1S/C11H10N2O2/c1-14-8-12-11-7-10(13-15-11)9-5-3-2-4-6-9/h2-8H,1H3. The lowest BCUT2D eigenvalue weighted by Crippen LogP contribution is -1.73. The second-order valence-corrected chi connectivity index (χ2v) is 2.89. The van der Waals surface area contributed by atoms with Gasteiger partial charge in [-0.3, -0.25) is 0 Å². The zero-order chi connectivity index (χ0) is 10.5. The van der Waals surface area contributed by atoms with Crippen molar-refractivity contribution in [1.29, 1.82) is 0 Å². The summed E-state index contributed by atoms with van der Waals surface area (Å²) in [5, 5.41) is 3.90. The van der Waals surface area contributed by atoms with Crippen LogP contribution in [-0.2, 0) is 4.74 Å². The van der Waals surface area contributed by atoms with E-state index < -0.39 is 0 Å². The number of hydrogen-bond donors (Lipinski definition) is 0. The van der Waals surface area contributed by atoms with E-state index in [0.717, 1.165) is 11.3 Å². The van der Waals surface area contributed by atoms with Crippen LogP contribution in [0.2, 0.25) is 0 Å². The van der Waals surface area contributed by atoms with Gasteiger partial charge in [0.15, 0.2) is 6.40 Å². The van der Waals surface area contributed by atoms with E-state index in [0.29, 0.717) is 5.88 Å². The van der Waals surface area contributed by atoms with Crippen LogP contribution in [-0.4, -0.2) is 18.7 Å². The Hall–Kier alpha value is -2.10. The molecular formula is C11H10N2O2. The summed E-state index contributed by atoms with van der Waals surface area (Å²) < 4.78 is 9.67. The molecule has 0 aliphatic heterocycles. The van der Waals surface area contributed by atoms with Crippen LogP contribution >= 0.6 is 0 Å². The first-order valence-electron chi connectivity index (χ1n) is 4.47. The molecule has 1 aromatic heterocycles. The van der Waals surface area contributed by atoms with Gasteiger partial charge >= 0.3 is 0 Å². The van der Waals surface area contributed by atoms with Crippen LogP contribution in [0.4, 0.5) is 5.88 Å². The van der Waals surface area contributed by atoms with Crippen LogP contribution in [0, 0.1) is 0 Å². The lowest BCUT2D eigenvalue weighted by atomic mass is 10.2. The van der Waals surface area contributed by atoms with Crippen molar-refractivity contribution in [1.82, 2.24) is 5.16 Å². The van der Waals surface area contributed by atoms with Gasteiger partial charge in [0.2, 0.25) is 0 Å². The van der Waals surface area contributed by atoms with Gasteiger partial charge in [0, 0.05) is 11.6 Å². The number of methoxy groups -OCH3 is 1. The number of nitrogens with zero attached hydrogens (tertiary/aromatic N) is 2. The number of ether oxygens (including phenoxy) is 1. The highest BCUT2D eigenvalue weighted by molar-refractivity contribution is 5.62. The second-order valence-electron chi connectivity index (χ2n) is 2.89. The average Bonchev–Trinajstić information content (AvgIpc) is 2.76. The summed E-state index contributed by atoms with van der Waals surface area (Å²) in [6.45, 7) is 0. The summed E-state index contributed by atoms with van der Waals surface area (Å²) in [5.74, 6) is 0.427. The van der Waals surface area contributed by atoms with Gasteiger partial charge in [-0.15, -0.1) is 0 Å². The van der Waals surface area contributed by atoms with E-state index in [-0.39, 0.29) is 0 Å². The number of aliphatic imine (C=N–C) groups is 1. The van der Waals surface area contributed by atoms with Crippen molar-refractivity contribution >= 4 is 12.3 Å². The summed E-state index contributed by atoms with van der Waals surface area (Å²) in [4.78, 5) is 3.89. The molecule has 4 nitrogen and oxygen atoms in total. The minimum Gasteiger partial charge on any atom is -0.486 e. The van der Waals surface area contributed by atoms with E-state index >= 15 is 0 Å². The first kappa shape index (κ1) is 9.45. The van der Waals surface area contributed by atoms with Crippen LogP contribution < -0.4 is 0 Å². The Morgan fingerprint density at radius 3 is 2.87 bits per heavy atom. The molecule has 0 radical (unpaired) electrons. The number of rotatable bonds is 3. The van der Waals surface area contributed by atoms with Gasteiger partial charge < -0.3 is 9.26 Å². The van der Waals surface area contributed by atoms with Crippen molar-refractivity contribution in [3.8, 4) is 11.3 Å². The molecule has 0 fully saturated rings. The molecule has 0 N–H and O–H groups in total. The molecule has 0 unspecified atom stereocenters. The van der Waals surface area contributed by atoms with Gasteiger partial charge in [0.05, 0.1) is 7.11 Å². The fourth-order valence-corrected chi connectivity index (χ4v) is 1.18. The van der Waals surface area contributed by atoms with Crippen molar-refractivity contribution in [3.05, 3.63) is 36.4 Å². The Bertz CT molecular complexity index is 449. The van der Waals surface area contributed by atoms with Gasteiger partial charge in [0.25, 0.3) is 5.88 Å². The highest BCUT2D eigenvalue weighted by Crippen LogP contribution is 2.22. The van der Waals surface area contributed by atoms with Crippen molar-refractivity contribution in [2.75, 3.05) is 7.11 Å². The fraction of sp³-hybridized carbons (Fsp3) is 0.0909. The Balaban J connectivity index is 2.24. The van der Waals surface area contributed by atoms with E-state index in [9.17, 15) is 0 Å². The molecule has 0 bridgehead atoms. The minimum absolute atomic E-state index is 0.427. The average molecular weight is 202 g/mol. The van der Waals surface area contributed by atoms with Crippen molar-refractivity contribution < 1.29 is 9.26 Å². The molecule has 15 heavy (non-hydrogen) atoms. The number of hydrogen-bond acceptors (Lipinski definition) is 4. The topological polar surface area (TPSA) is 47.6 Å². The largest absolute Gasteiger partial charge is 0.486 e. The first-order chi connectivity index (χ1) is 7.40. The lowest BCUT2D eigenvalue weighted by Gasteiger charge is -1.90. The summed E-state index contributed by atoms with van der Waals surface area (Å²) in [7, 11) is 1.53. The first-order valence-corrected chi connectivity index (χ1v) is 4.47. The Morgan fingerprint density at radius 2 is 2.13 bits per heavy atom. The van der Waals surface area contributed by atoms with Crippen LogP contribution in [0.25, 0.3) is 11.3 Å². The highest BCUT2D eigenvalue weighted by atomic mass is 16.5. The van der Waals surface area contributed by atoms with Crippen LogP contribution in [0.1, 0.15) is 0 Å². The fourth-order valence-electron chi connectivity index (χ4n) is 1.18. The van der Waals surface area contributed by atoms with E-state index in [2.05, 4.69) is 14.9 Å². The molecule has 0 atom stereocenters. The second kappa shape index (κ2) is 4.41. The minimum atomic E-state index is 0.427. The molecule has 2 rings (SSSR count). The van der Waals surface area contributed by atoms with E-state index in [1.807, 2.05) is 30.3 Å². The van der Waals surface area contributed by atoms with Gasteiger partial charge in [-0.2, -0.15) is 4.99 Å². The predicted molar refractivity (Wildman–Crippen MR) is 57.1 cm³/mol. The lowest BCUT2D eigenvalue weighted by molar-refractivity contribution is 0.411. The molecule has 0 spiro atoms. The van der Waals surface area contributed by atoms with Crippen molar-refractivity contribution in [3.63, 3.8) is 0 Å². The third-order valence-corrected chi connectivity index (χ3v) is 1.85. The van der Waals surface area contributed by atoms with Crippen molar-refractivity contribution in [2.45, 2.75) is 0 Å². The highest BCUT2D eigenvalue weighted by Gasteiger charge is 2.03. The maximum Gasteiger partial charge on any atom is 0.253 e. The molecule has 76 valence electrons. The van der Waals surface area contributed by atoms with Gasteiger partial charge in [-0.1, -0.05) is 35.5 Å². The summed E-state index contributed by atoms with van der Waals surface area (Å²) in [5.41, 5.74) is 1.76. The Morgan fingerprint density at radius 1 is 1.33 bits per heavy atom. The molecule has 1 heterocycles. The molecule has 0 amide bonds. The smallest absolute Gasteiger partial charge is 0.253 e. The maximum atomic E-state index is 4.99.